The van der Waals surface area contributed by atoms with Crippen LogP contribution in [0.3, 0.4) is 0 Å². The maximum Gasteiger partial charge on any atom is 0.302 e. The molecule has 0 bridgehead atoms. The van der Waals surface area contributed by atoms with Gasteiger partial charge in [0.1, 0.15) is 24.4 Å². The molecule has 0 spiro atoms. The van der Waals surface area contributed by atoms with Gasteiger partial charge < -0.3 is 23.7 Å². The summed E-state index contributed by atoms with van der Waals surface area (Å²) < 4.78 is 21.6. The normalized spacial score (nSPS) is 12.2. The van der Waals surface area contributed by atoms with Crippen molar-refractivity contribution < 1.29 is 28.5 Å². The van der Waals surface area contributed by atoms with Crippen LogP contribution < -0.4 is 9.47 Å². The minimum Gasteiger partial charge on any atom is -0.493 e. The van der Waals surface area contributed by atoms with Crippen LogP contribution in [0.25, 0.3) is 0 Å². The second-order valence-electron chi connectivity index (χ2n) is 5.85. The summed E-state index contributed by atoms with van der Waals surface area (Å²) in [6.45, 7) is 8.59. The van der Waals surface area contributed by atoms with Gasteiger partial charge in [-0.1, -0.05) is 26.8 Å². The molecule has 1 aromatic carbocycles. The van der Waals surface area contributed by atoms with E-state index in [0.29, 0.717) is 26.2 Å². The van der Waals surface area contributed by atoms with Crippen LogP contribution in [0.4, 0.5) is 0 Å². The Hall–Kier alpha value is -2.08. The fourth-order valence-electron chi connectivity index (χ4n) is 1.74. The summed E-state index contributed by atoms with van der Waals surface area (Å²) in [7, 11) is 1.68. The molecule has 0 N–H and O–H groups in total. The number of carbonyl (C=O) groups is 2. The van der Waals surface area contributed by atoms with Gasteiger partial charge in [-0.2, -0.15) is 0 Å². The number of methoxy groups -OCH3 is 1. The zero-order chi connectivity index (χ0) is 19.8. The molecule has 0 amide bonds. The predicted molar refractivity (Wildman–Crippen MR) is 101 cm³/mol. The van der Waals surface area contributed by atoms with Crippen molar-refractivity contribution in [1.82, 2.24) is 0 Å². The minimum absolute atomic E-state index is 0.0910. The van der Waals surface area contributed by atoms with Gasteiger partial charge in [0.05, 0.1) is 19.3 Å². The summed E-state index contributed by atoms with van der Waals surface area (Å²) >= 11 is 0. The van der Waals surface area contributed by atoms with E-state index in [1.165, 1.54) is 6.92 Å². The summed E-state index contributed by atoms with van der Waals surface area (Å²) in [5, 5.41) is 0. The van der Waals surface area contributed by atoms with Gasteiger partial charge in [-0.25, -0.2) is 0 Å². The number of aldehydes is 1. The molecule has 0 radical (unpaired) electrons. The van der Waals surface area contributed by atoms with Crippen molar-refractivity contribution in [3.05, 3.63) is 24.3 Å². The monoisotopic (exact) mass is 368 g/mol. The molecule has 0 saturated heterocycles. The molecule has 6 heteroatoms. The highest BCUT2D eigenvalue weighted by Gasteiger charge is 2.08. The van der Waals surface area contributed by atoms with E-state index in [1.807, 2.05) is 38.1 Å². The van der Waals surface area contributed by atoms with Gasteiger partial charge in [-0.15, -0.1) is 0 Å². The van der Waals surface area contributed by atoms with Crippen LogP contribution in [0.5, 0.6) is 11.5 Å². The Morgan fingerprint density at radius 2 is 1.69 bits per heavy atom. The Bertz CT molecular complexity index is 499. The highest BCUT2D eigenvalue weighted by molar-refractivity contribution is 5.65. The molecule has 0 saturated carbocycles. The maximum absolute atomic E-state index is 10.8. The van der Waals surface area contributed by atoms with Crippen molar-refractivity contribution in [2.24, 2.45) is 5.92 Å². The van der Waals surface area contributed by atoms with Crippen LogP contribution in [0.15, 0.2) is 24.3 Å². The van der Waals surface area contributed by atoms with Crippen molar-refractivity contribution >= 4 is 12.3 Å². The lowest BCUT2D eigenvalue weighted by Gasteiger charge is -2.16. The molecule has 2 atom stereocenters. The lowest BCUT2D eigenvalue weighted by atomic mass is 10.2. The van der Waals surface area contributed by atoms with E-state index in [1.54, 1.807) is 7.11 Å². The molecule has 0 aliphatic carbocycles. The number of carbonyl (C=O) groups excluding carboxylic acids is 2. The molecule has 1 aromatic rings. The maximum atomic E-state index is 10.8. The number of rotatable bonds is 11. The second kappa shape index (κ2) is 15.2. The van der Waals surface area contributed by atoms with Crippen molar-refractivity contribution in [1.29, 1.82) is 0 Å². The van der Waals surface area contributed by atoms with Crippen molar-refractivity contribution in [3.8, 4) is 11.5 Å². The Balaban J connectivity index is 0.00000141. The molecular formula is C20H32O6. The van der Waals surface area contributed by atoms with Crippen molar-refractivity contribution in [2.75, 3.05) is 26.9 Å². The van der Waals surface area contributed by atoms with Crippen LogP contribution in [0.2, 0.25) is 0 Å². The lowest BCUT2D eigenvalue weighted by molar-refractivity contribution is -0.142. The van der Waals surface area contributed by atoms with E-state index in [0.717, 1.165) is 24.2 Å². The number of esters is 1. The molecule has 6 nitrogen and oxygen atoms in total. The molecule has 1 rings (SSSR count). The lowest BCUT2D eigenvalue weighted by Crippen LogP contribution is -2.19. The molecule has 26 heavy (non-hydrogen) atoms. The zero-order valence-corrected chi connectivity index (χ0v) is 16.5. The fraction of sp³-hybridized carbons (Fsp3) is 0.600. The van der Waals surface area contributed by atoms with Gasteiger partial charge in [-0.05, 0) is 18.6 Å². The van der Waals surface area contributed by atoms with Gasteiger partial charge in [0.2, 0.25) is 0 Å². The number of ether oxygens (including phenoxy) is 4. The third kappa shape index (κ3) is 12.3. The van der Waals surface area contributed by atoms with Crippen LogP contribution in [-0.2, 0) is 19.1 Å². The van der Waals surface area contributed by atoms with Crippen molar-refractivity contribution in [3.63, 3.8) is 0 Å². The molecule has 0 aliphatic rings. The Morgan fingerprint density at radius 3 is 2.15 bits per heavy atom. The molecule has 2 unspecified atom stereocenters. The highest BCUT2D eigenvalue weighted by atomic mass is 16.5. The van der Waals surface area contributed by atoms with Gasteiger partial charge in [0, 0.05) is 32.4 Å². The number of hydrogen-bond donors (Lipinski definition) is 0. The third-order valence-corrected chi connectivity index (χ3v) is 3.30. The first-order valence-electron chi connectivity index (χ1n) is 8.92. The fourth-order valence-corrected chi connectivity index (χ4v) is 1.74. The first-order chi connectivity index (χ1) is 12.5. The molecule has 148 valence electrons. The van der Waals surface area contributed by atoms with E-state index in [-0.39, 0.29) is 18.0 Å². The van der Waals surface area contributed by atoms with Gasteiger partial charge in [0.25, 0.3) is 0 Å². The quantitative estimate of drug-likeness (QED) is 0.438. The van der Waals surface area contributed by atoms with Crippen LogP contribution >= 0.6 is 0 Å². The second-order valence-corrected chi connectivity index (χ2v) is 5.85. The van der Waals surface area contributed by atoms with E-state index in [4.69, 9.17) is 18.9 Å². The average Bonchev–Trinajstić information content (AvgIpc) is 2.66. The molecule has 0 aliphatic heterocycles. The predicted octanol–water partition coefficient (Wildman–Crippen LogP) is 3.66. The number of hydrogen-bond acceptors (Lipinski definition) is 6. The van der Waals surface area contributed by atoms with Gasteiger partial charge in [0.15, 0.2) is 0 Å². The van der Waals surface area contributed by atoms with Gasteiger partial charge >= 0.3 is 5.97 Å². The summed E-state index contributed by atoms with van der Waals surface area (Å²) in [6, 6.07) is 7.49. The number of benzene rings is 1. The summed E-state index contributed by atoms with van der Waals surface area (Å²) in [5.41, 5.74) is 0. The van der Waals surface area contributed by atoms with Crippen LogP contribution in [0.1, 0.15) is 40.5 Å². The van der Waals surface area contributed by atoms with Gasteiger partial charge in [-0.3, -0.25) is 4.79 Å². The first-order valence-corrected chi connectivity index (χ1v) is 8.92. The Morgan fingerprint density at radius 1 is 1.12 bits per heavy atom. The smallest absolute Gasteiger partial charge is 0.302 e. The molecular weight excluding hydrogens is 336 g/mol. The summed E-state index contributed by atoms with van der Waals surface area (Å²) in [4.78, 5) is 19.9. The average molecular weight is 368 g/mol. The molecule has 0 fully saturated rings. The Labute approximate surface area is 156 Å². The van der Waals surface area contributed by atoms with Crippen LogP contribution in [-0.4, -0.2) is 45.3 Å². The Kier molecular flexibility index (Phi) is 14.0. The zero-order valence-electron chi connectivity index (χ0n) is 16.5. The highest BCUT2D eigenvalue weighted by Crippen LogP contribution is 2.20. The SMILES string of the molecule is CCC(COc1cccc(OCC(C)COC(C)=O)c1)OC.CCC=O. The minimum atomic E-state index is -0.272. The topological polar surface area (TPSA) is 71.1 Å². The summed E-state index contributed by atoms with van der Waals surface area (Å²) in [6.07, 6.45) is 2.51. The van der Waals surface area contributed by atoms with E-state index in [9.17, 15) is 9.59 Å². The van der Waals surface area contributed by atoms with E-state index in [2.05, 4.69) is 6.92 Å². The molecule has 0 heterocycles. The first kappa shape index (κ1) is 23.9. The van der Waals surface area contributed by atoms with E-state index >= 15 is 0 Å². The standard InChI is InChI=1S/C17H26O5.C3H6O/c1-5-15(19-4)12-22-17-8-6-7-16(9-17)21-11-13(2)10-20-14(3)18;1-2-3-4/h6-9,13,15H,5,10-12H2,1-4H3;3H,2H2,1H3. The van der Waals surface area contributed by atoms with E-state index < -0.39 is 0 Å². The largest absolute Gasteiger partial charge is 0.493 e. The third-order valence-electron chi connectivity index (χ3n) is 3.30. The van der Waals surface area contributed by atoms with Crippen molar-refractivity contribution in [2.45, 2.75) is 46.6 Å². The van der Waals surface area contributed by atoms with Crippen LogP contribution in [0, 0.1) is 5.92 Å². The molecule has 0 aromatic heterocycles. The summed E-state index contributed by atoms with van der Waals surface area (Å²) in [5.74, 6) is 1.34.